The largest absolute Gasteiger partial charge is 0.358 e. The maximum Gasteiger partial charge on any atom is 0.178 e. The first kappa shape index (κ1) is 9.72. The van der Waals surface area contributed by atoms with Gasteiger partial charge in [-0.15, -0.1) is 11.3 Å². The van der Waals surface area contributed by atoms with Crippen LogP contribution in [0.3, 0.4) is 0 Å². The van der Waals surface area contributed by atoms with Crippen molar-refractivity contribution in [3.63, 3.8) is 0 Å². The number of halogens is 1. The molecule has 0 aliphatic heterocycles. The van der Waals surface area contributed by atoms with Crippen molar-refractivity contribution < 1.29 is 4.74 Å². The fourth-order valence-corrected chi connectivity index (χ4v) is 2.24. The van der Waals surface area contributed by atoms with Crippen molar-refractivity contribution in [1.82, 2.24) is 0 Å². The number of hydrogen-bond acceptors (Lipinski definition) is 3. The molecule has 0 aromatic carbocycles. The van der Waals surface area contributed by atoms with E-state index in [9.17, 15) is 0 Å². The highest BCUT2D eigenvalue weighted by Gasteiger charge is 2.11. The minimum Gasteiger partial charge on any atom is -0.358 e. The van der Waals surface area contributed by atoms with Crippen LogP contribution < -0.4 is 0 Å². The second-order valence-corrected chi connectivity index (χ2v) is 4.60. The fourth-order valence-electron chi connectivity index (χ4n) is 0.819. The quantitative estimate of drug-likeness (QED) is 0.820. The molecule has 1 unspecified atom stereocenters. The summed E-state index contributed by atoms with van der Waals surface area (Å²) in [5, 5.41) is 8.74. The van der Waals surface area contributed by atoms with E-state index in [1.54, 1.807) is 0 Å². The van der Waals surface area contributed by atoms with Gasteiger partial charge in [-0.3, -0.25) is 0 Å². The molecule has 1 heterocycles. The summed E-state index contributed by atoms with van der Waals surface area (Å²) in [7, 11) is 0. The highest BCUT2D eigenvalue weighted by atomic mass is 79.9. The number of thiophene rings is 1. The Kier molecular flexibility index (Phi) is 3.73. The van der Waals surface area contributed by atoms with Crippen molar-refractivity contribution in [1.29, 1.82) is 5.26 Å². The number of nitrogens with zero attached hydrogens (tertiary/aromatic N) is 1. The molecule has 1 aromatic rings. The molecule has 0 saturated carbocycles. The van der Waals surface area contributed by atoms with E-state index in [0.29, 0.717) is 6.61 Å². The third-order valence-electron chi connectivity index (χ3n) is 1.30. The highest BCUT2D eigenvalue weighted by Crippen LogP contribution is 2.28. The van der Waals surface area contributed by atoms with Gasteiger partial charge >= 0.3 is 0 Å². The van der Waals surface area contributed by atoms with Crippen molar-refractivity contribution in [2.45, 2.75) is 13.0 Å². The fraction of sp³-hybridized carbons (Fsp3) is 0.375. The van der Waals surface area contributed by atoms with Crippen LogP contribution in [-0.4, -0.2) is 6.61 Å². The predicted octanol–water partition coefficient (Wildman–Crippen LogP) is 3.11. The van der Waals surface area contributed by atoms with E-state index in [1.807, 2.05) is 19.1 Å². The van der Waals surface area contributed by atoms with Crippen LogP contribution in [0.1, 0.15) is 17.9 Å². The average molecular weight is 246 g/mol. The molecular weight excluding hydrogens is 238 g/mol. The summed E-state index contributed by atoms with van der Waals surface area (Å²) < 4.78 is 6.24. The standard InChI is InChI=1S/C8H8BrNOS/c1-2-11-6(5-10)7-3-4-8(9)12-7/h3-4,6H,2H2,1H3. The Bertz CT molecular complexity index is 291. The SMILES string of the molecule is CCOC(C#N)c1ccc(Br)s1. The molecule has 1 rings (SSSR count). The van der Waals surface area contributed by atoms with Gasteiger partial charge in [0, 0.05) is 11.5 Å². The first-order valence-corrected chi connectivity index (χ1v) is 5.15. The zero-order valence-corrected chi connectivity index (χ0v) is 8.98. The van der Waals surface area contributed by atoms with Crippen LogP contribution in [0, 0.1) is 11.3 Å². The smallest absolute Gasteiger partial charge is 0.178 e. The monoisotopic (exact) mass is 245 g/mol. The molecule has 0 N–H and O–H groups in total. The van der Waals surface area contributed by atoms with Crippen LogP contribution in [0.2, 0.25) is 0 Å². The van der Waals surface area contributed by atoms with E-state index in [2.05, 4.69) is 22.0 Å². The van der Waals surface area contributed by atoms with Crippen molar-refractivity contribution in [2.75, 3.05) is 6.61 Å². The number of ether oxygens (including phenoxy) is 1. The van der Waals surface area contributed by atoms with E-state index in [0.717, 1.165) is 8.66 Å². The molecule has 12 heavy (non-hydrogen) atoms. The Morgan fingerprint density at radius 2 is 2.50 bits per heavy atom. The summed E-state index contributed by atoms with van der Waals surface area (Å²) in [4.78, 5) is 0.950. The van der Waals surface area contributed by atoms with Crippen LogP contribution in [0.5, 0.6) is 0 Å². The molecular formula is C8H8BrNOS. The van der Waals surface area contributed by atoms with Crippen LogP contribution in [0.25, 0.3) is 0 Å². The van der Waals surface area contributed by atoms with Gasteiger partial charge in [0.1, 0.15) is 6.07 Å². The summed E-state index contributed by atoms with van der Waals surface area (Å²) in [6.07, 6.45) is -0.411. The lowest BCUT2D eigenvalue weighted by Crippen LogP contribution is -1.98. The topological polar surface area (TPSA) is 33.0 Å². The Hall–Kier alpha value is -0.370. The summed E-state index contributed by atoms with van der Waals surface area (Å²) in [6, 6.07) is 5.92. The average Bonchev–Trinajstić information content (AvgIpc) is 2.47. The maximum atomic E-state index is 8.74. The molecule has 0 spiro atoms. The number of rotatable bonds is 3. The third-order valence-corrected chi connectivity index (χ3v) is 2.97. The molecule has 1 aromatic heterocycles. The van der Waals surface area contributed by atoms with Crippen LogP contribution in [0.4, 0.5) is 0 Å². The Morgan fingerprint density at radius 3 is 2.92 bits per heavy atom. The minimum absolute atomic E-state index is 0.411. The van der Waals surface area contributed by atoms with Gasteiger partial charge in [0.25, 0.3) is 0 Å². The zero-order valence-electron chi connectivity index (χ0n) is 6.58. The van der Waals surface area contributed by atoms with Crippen LogP contribution in [0.15, 0.2) is 15.9 Å². The van der Waals surface area contributed by atoms with Gasteiger partial charge in [-0.25, -0.2) is 0 Å². The second-order valence-electron chi connectivity index (χ2n) is 2.11. The van der Waals surface area contributed by atoms with Gasteiger partial charge in [0.2, 0.25) is 0 Å². The van der Waals surface area contributed by atoms with Crippen LogP contribution in [-0.2, 0) is 4.74 Å². The van der Waals surface area contributed by atoms with E-state index >= 15 is 0 Å². The molecule has 0 aliphatic carbocycles. The summed E-state index contributed by atoms with van der Waals surface area (Å²) in [6.45, 7) is 2.45. The summed E-state index contributed by atoms with van der Waals surface area (Å²) >= 11 is 4.86. The Morgan fingerprint density at radius 1 is 1.75 bits per heavy atom. The van der Waals surface area contributed by atoms with E-state index in [4.69, 9.17) is 10.00 Å². The van der Waals surface area contributed by atoms with Gasteiger partial charge in [0.15, 0.2) is 6.10 Å². The zero-order chi connectivity index (χ0) is 8.97. The lowest BCUT2D eigenvalue weighted by molar-refractivity contribution is 0.104. The molecule has 0 amide bonds. The van der Waals surface area contributed by atoms with Gasteiger partial charge < -0.3 is 4.74 Å². The first-order valence-electron chi connectivity index (χ1n) is 3.54. The predicted molar refractivity (Wildman–Crippen MR) is 52.0 cm³/mol. The normalized spacial score (nSPS) is 12.4. The molecule has 64 valence electrons. The molecule has 4 heteroatoms. The Balaban J connectivity index is 2.74. The lowest BCUT2D eigenvalue weighted by Gasteiger charge is -2.04. The van der Waals surface area contributed by atoms with Crippen molar-refractivity contribution in [3.05, 3.63) is 20.8 Å². The molecule has 0 fully saturated rings. The Labute approximate surface area is 83.9 Å². The molecule has 2 nitrogen and oxygen atoms in total. The van der Waals surface area contributed by atoms with E-state index in [1.165, 1.54) is 11.3 Å². The lowest BCUT2D eigenvalue weighted by atomic mass is 10.3. The molecule has 0 bridgehead atoms. The van der Waals surface area contributed by atoms with Crippen molar-refractivity contribution in [3.8, 4) is 6.07 Å². The minimum atomic E-state index is -0.411. The van der Waals surface area contributed by atoms with E-state index in [-0.39, 0.29) is 0 Å². The van der Waals surface area contributed by atoms with Gasteiger partial charge in [0.05, 0.1) is 3.79 Å². The van der Waals surface area contributed by atoms with Gasteiger partial charge in [-0.1, -0.05) is 0 Å². The highest BCUT2D eigenvalue weighted by molar-refractivity contribution is 9.11. The molecule has 0 radical (unpaired) electrons. The first-order chi connectivity index (χ1) is 5.77. The summed E-state index contributed by atoms with van der Waals surface area (Å²) in [5.74, 6) is 0. The van der Waals surface area contributed by atoms with Crippen LogP contribution >= 0.6 is 27.3 Å². The van der Waals surface area contributed by atoms with Gasteiger partial charge in [-0.05, 0) is 35.0 Å². The van der Waals surface area contributed by atoms with Crippen molar-refractivity contribution >= 4 is 27.3 Å². The third kappa shape index (κ3) is 2.31. The molecule has 0 aliphatic rings. The molecule has 0 saturated heterocycles. The summed E-state index contributed by atoms with van der Waals surface area (Å²) in [5.41, 5.74) is 0. The maximum absolute atomic E-state index is 8.74. The van der Waals surface area contributed by atoms with Gasteiger partial charge in [-0.2, -0.15) is 5.26 Å². The van der Waals surface area contributed by atoms with E-state index < -0.39 is 6.10 Å². The van der Waals surface area contributed by atoms with Crippen molar-refractivity contribution in [2.24, 2.45) is 0 Å². The number of nitriles is 1. The number of hydrogen-bond donors (Lipinski definition) is 0. The second kappa shape index (κ2) is 4.61. The molecule has 1 atom stereocenters.